The molecule has 0 aromatic heterocycles. The van der Waals surface area contributed by atoms with Gasteiger partial charge in [-0.2, -0.15) is 5.10 Å². The normalized spacial score (nSPS) is 12.1. The van der Waals surface area contributed by atoms with E-state index in [1.165, 1.54) is 11.8 Å². The number of Topliss-reactive ketones (excluding diaryl/α,β-unsaturated/α-hetero) is 1. The fourth-order valence-electron chi connectivity index (χ4n) is 2.00. The Kier molecular flexibility index (Phi) is 6.05. The van der Waals surface area contributed by atoms with Gasteiger partial charge in [0.15, 0.2) is 5.78 Å². The lowest BCUT2D eigenvalue weighted by atomic mass is 10.1. The minimum Gasteiger partial charge on any atom is -0.497 e. The quantitative estimate of drug-likeness (QED) is 0.365. The van der Waals surface area contributed by atoms with Crippen LogP contribution < -0.4 is 15.3 Å². The van der Waals surface area contributed by atoms with Crippen molar-refractivity contribution in [3.63, 3.8) is 0 Å². The van der Waals surface area contributed by atoms with Crippen molar-refractivity contribution >= 4 is 23.8 Å². The molecule has 0 aliphatic heterocycles. The zero-order valence-corrected chi connectivity index (χ0v) is 13.7. The molecule has 0 bridgehead atoms. The molecule has 1 atom stereocenters. The Morgan fingerprint density at radius 2 is 1.57 bits per heavy atom. The summed E-state index contributed by atoms with van der Waals surface area (Å²) in [6.07, 6.45) is 1.14. The maximum absolute atomic E-state index is 12.3. The summed E-state index contributed by atoms with van der Waals surface area (Å²) in [5.74, 6) is 6.46. The minimum atomic E-state index is -0.429. The van der Waals surface area contributed by atoms with Crippen LogP contribution in [0.15, 0.2) is 58.5 Å². The second-order valence-electron chi connectivity index (χ2n) is 4.63. The first-order valence-electron chi connectivity index (χ1n) is 6.89. The molecular weight excluding hydrogens is 312 g/mol. The molecule has 2 N–H and O–H groups in total. The van der Waals surface area contributed by atoms with Crippen LogP contribution in [0, 0.1) is 0 Å². The molecular formula is C17H18N2O3S. The first-order valence-corrected chi connectivity index (χ1v) is 7.77. The van der Waals surface area contributed by atoms with Crippen molar-refractivity contribution < 1.29 is 14.3 Å². The number of hydrogen-bond donors (Lipinski definition) is 1. The molecule has 0 heterocycles. The van der Waals surface area contributed by atoms with Crippen LogP contribution in [0.2, 0.25) is 0 Å². The van der Waals surface area contributed by atoms with E-state index >= 15 is 0 Å². The van der Waals surface area contributed by atoms with Gasteiger partial charge in [0.05, 0.1) is 25.7 Å². The minimum absolute atomic E-state index is 0.168. The molecule has 2 aromatic rings. The number of nitrogens with two attached hydrogens (primary N) is 1. The van der Waals surface area contributed by atoms with Crippen LogP contribution in [0.5, 0.6) is 11.5 Å². The summed E-state index contributed by atoms with van der Waals surface area (Å²) in [7, 11) is 3.22. The average molecular weight is 330 g/mol. The van der Waals surface area contributed by atoms with E-state index in [4.69, 9.17) is 15.3 Å². The molecule has 2 rings (SSSR count). The van der Waals surface area contributed by atoms with Gasteiger partial charge in [-0.15, -0.1) is 11.8 Å². The highest BCUT2D eigenvalue weighted by Crippen LogP contribution is 2.36. The summed E-state index contributed by atoms with van der Waals surface area (Å²) in [5.41, 5.74) is 0.858. The van der Waals surface area contributed by atoms with Crippen LogP contribution in [0.4, 0.5) is 0 Å². The number of rotatable bonds is 7. The number of ether oxygens (including phenoxy) is 2. The van der Waals surface area contributed by atoms with E-state index in [1.807, 2.05) is 48.5 Å². The Morgan fingerprint density at radius 3 is 2.04 bits per heavy atom. The third-order valence-electron chi connectivity index (χ3n) is 3.19. The highest BCUT2D eigenvalue weighted by atomic mass is 32.2. The van der Waals surface area contributed by atoms with Gasteiger partial charge in [0, 0.05) is 4.90 Å². The number of hydrazone groups is 1. The largest absolute Gasteiger partial charge is 0.497 e. The summed E-state index contributed by atoms with van der Waals surface area (Å²) < 4.78 is 10.3. The number of nitrogens with zero attached hydrogens (tertiary/aromatic N) is 1. The molecule has 0 amide bonds. The lowest BCUT2D eigenvalue weighted by Gasteiger charge is -2.14. The summed E-state index contributed by atoms with van der Waals surface area (Å²) in [5, 5.41) is 2.92. The van der Waals surface area contributed by atoms with Crippen LogP contribution >= 0.6 is 11.8 Å². The highest BCUT2D eigenvalue weighted by Gasteiger charge is 2.20. The molecule has 0 aliphatic rings. The predicted octanol–water partition coefficient (Wildman–Crippen LogP) is 3.05. The zero-order valence-electron chi connectivity index (χ0n) is 12.9. The van der Waals surface area contributed by atoms with Crippen LogP contribution in [-0.2, 0) is 4.79 Å². The van der Waals surface area contributed by atoms with Crippen molar-refractivity contribution in [2.75, 3.05) is 14.2 Å². The lowest BCUT2D eigenvalue weighted by molar-refractivity contribution is -0.112. The van der Waals surface area contributed by atoms with Gasteiger partial charge >= 0.3 is 0 Å². The van der Waals surface area contributed by atoms with Gasteiger partial charge in [-0.3, -0.25) is 4.79 Å². The van der Waals surface area contributed by atoms with Crippen molar-refractivity contribution in [3.05, 3.63) is 54.1 Å². The number of hydrogen-bond acceptors (Lipinski definition) is 6. The molecule has 0 spiro atoms. The van der Waals surface area contributed by atoms with Gasteiger partial charge in [0.25, 0.3) is 0 Å². The van der Waals surface area contributed by atoms with E-state index in [0.717, 1.165) is 28.2 Å². The molecule has 0 fully saturated rings. The monoisotopic (exact) mass is 330 g/mol. The van der Waals surface area contributed by atoms with Crippen molar-refractivity contribution in [2.24, 2.45) is 10.9 Å². The first kappa shape index (κ1) is 16.9. The predicted molar refractivity (Wildman–Crippen MR) is 92.3 cm³/mol. The van der Waals surface area contributed by atoms with Gasteiger partial charge < -0.3 is 15.3 Å². The second kappa shape index (κ2) is 8.24. The van der Waals surface area contributed by atoms with Gasteiger partial charge in [0.1, 0.15) is 11.5 Å². The maximum Gasteiger partial charge on any atom is 0.193 e. The summed E-state index contributed by atoms with van der Waals surface area (Å²) in [6, 6.07) is 14.9. The maximum atomic E-state index is 12.3. The van der Waals surface area contributed by atoms with E-state index in [9.17, 15) is 4.79 Å². The molecule has 23 heavy (non-hydrogen) atoms. The van der Waals surface area contributed by atoms with E-state index in [-0.39, 0.29) is 5.78 Å². The van der Waals surface area contributed by atoms with Crippen molar-refractivity contribution in [2.45, 2.75) is 10.1 Å². The number of carbonyl (C=O) groups excluding carboxylic acids is 1. The Labute approximate surface area is 139 Å². The number of carbonyl (C=O) groups is 1. The summed E-state index contributed by atoms with van der Waals surface area (Å²) in [4.78, 5) is 13.3. The standard InChI is InChI=1S/C17H18N2O3S/c1-21-13-5-3-12(4-6-13)17(16(20)11-19-18)23-15-9-7-14(22-2)8-10-15/h3-11,17H,18H2,1-2H3. The lowest BCUT2D eigenvalue weighted by Crippen LogP contribution is -2.11. The van der Waals surface area contributed by atoms with E-state index in [1.54, 1.807) is 14.2 Å². The second-order valence-corrected chi connectivity index (χ2v) is 5.81. The van der Waals surface area contributed by atoms with Crippen LogP contribution in [-0.4, -0.2) is 26.2 Å². The molecule has 5 nitrogen and oxygen atoms in total. The highest BCUT2D eigenvalue weighted by molar-refractivity contribution is 8.00. The summed E-state index contributed by atoms with van der Waals surface area (Å²) >= 11 is 1.43. The Morgan fingerprint density at radius 1 is 1.04 bits per heavy atom. The molecule has 6 heteroatoms. The van der Waals surface area contributed by atoms with E-state index < -0.39 is 5.25 Å². The number of methoxy groups -OCH3 is 2. The van der Waals surface area contributed by atoms with Gasteiger partial charge in [0.2, 0.25) is 0 Å². The Hall–Kier alpha value is -2.47. The third-order valence-corrected chi connectivity index (χ3v) is 4.48. The molecule has 0 aliphatic carbocycles. The van der Waals surface area contributed by atoms with Crippen LogP contribution in [0.25, 0.3) is 0 Å². The molecule has 0 radical (unpaired) electrons. The zero-order chi connectivity index (χ0) is 16.7. The fraction of sp³-hybridized carbons (Fsp3) is 0.176. The van der Waals surface area contributed by atoms with Gasteiger partial charge in [-0.25, -0.2) is 0 Å². The smallest absolute Gasteiger partial charge is 0.193 e. The number of ketones is 1. The number of thioether (sulfide) groups is 1. The first-order chi connectivity index (χ1) is 11.2. The Bertz CT molecular complexity index is 669. The van der Waals surface area contributed by atoms with Gasteiger partial charge in [-0.1, -0.05) is 12.1 Å². The fourth-order valence-corrected chi connectivity index (χ4v) is 3.04. The van der Waals surface area contributed by atoms with Crippen molar-refractivity contribution in [1.29, 1.82) is 0 Å². The van der Waals surface area contributed by atoms with Gasteiger partial charge in [-0.05, 0) is 42.0 Å². The molecule has 2 aromatic carbocycles. The van der Waals surface area contributed by atoms with Crippen molar-refractivity contribution in [3.8, 4) is 11.5 Å². The van der Waals surface area contributed by atoms with Crippen molar-refractivity contribution in [1.82, 2.24) is 0 Å². The van der Waals surface area contributed by atoms with E-state index in [0.29, 0.717) is 0 Å². The van der Waals surface area contributed by atoms with E-state index in [2.05, 4.69) is 5.10 Å². The van der Waals surface area contributed by atoms with Crippen LogP contribution in [0.3, 0.4) is 0 Å². The molecule has 0 saturated heterocycles. The summed E-state index contributed by atoms with van der Waals surface area (Å²) in [6.45, 7) is 0. The SMILES string of the molecule is COc1ccc(SC(C(=O)C=NN)c2ccc(OC)cc2)cc1. The Balaban J connectivity index is 2.27. The molecule has 120 valence electrons. The molecule has 0 saturated carbocycles. The topological polar surface area (TPSA) is 73.9 Å². The molecule has 1 unspecified atom stereocenters. The number of benzene rings is 2. The third kappa shape index (κ3) is 4.50. The van der Waals surface area contributed by atoms with Crippen LogP contribution in [0.1, 0.15) is 10.8 Å². The average Bonchev–Trinajstić information content (AvgIpc) is 2.60.